The molecule has 134 valence electrons. The van der Waals surface area contributed by atoms with E-state index in [1.54, 1.807) is 6.07 Å². The van der Waals surface area contributed by atoms with Gasteiger partial charge in [0, 0.05) is 12.6 Å². The van der Waals surface area contributed by atoms with E-state index < -0.39 is 0 Å². The highest BCUT2D eigenvalue weighted by Gasteiger charge is 2.08. The molecule has 0 saturated heterocycles. The molecule has 0 aromatic heterocycles. The minimum Gasteiger partial charge on any atom is -0.286 e. The van der Waals surface area contributed by atoms with Crippen molar-refractivity contribution < 1.29 is 10.0 Å². The van der Waals surface area contributed by atoms with Gasteiger partial charge in [-0.15, -0.1) is 0 Å². The molecule has 3 nitrogen and oxygen atoms in total. The summed E-state index contributed by atoms with van der Waals surface area (Å²) in [7, 11) is 1.34. The van der Waals surface area contributed by atoms with Crippen LogP contribution in [0.15, 0.2) is 30.3 Å². The second-order valence-corrected chi connectivity index (χ2v) is 6.47. The number of carbonyl (C=O) groups excluding carboxylic acids is 1. The molecule has 1 aromatic carbocycles. The molecule has 1 amide bonds. The fraction of sp³-hybridized carbons (Fsp3) is 0.571. The van der Waals surface area contributed by atoms with Crippen LogP contribution < -0.4 is 0 Å². The van der Waals surface area contributed by atoms with Crippen molar-refractivity contribution in [2.45, 2.75) is 71.1 Å². The molecule has 0 unspecified atom stereocenters. The summed E-state index contributed by atoms with van der Waals surface area (Å²) in [5.41, 5.74) is 1.50. The number of rotatable bonds is 12. The van der Waals surface area contributed by atoms with Crippen molar-refractivity contribution in [1.82, 2.24) is 5.06 Å². The lowest BCUT2D eigenvalue weighted by atomic mass is 10.1. The maximum atomic E-state index is 11.7. The molecule has 0 aliphatic rings. The fourth-order valence-electron chi connectivity index (χ4n) is 2.75. The summed E-state index contributed by atoms with van der Waals surface area (Å²) < 4.78 is 0. The fourth-order valence-corrected chi connectivity index (χ4v) is 2.75. The van der Waals surface area contributed by atoms with Crippen LogP contribution in [-0.2, 0) is 0 Å². The van der Waals surface area contributed by atoms with Crippen LogP contribution >= 0.6 is 0 Å². The number of hydrogen-bond acceptors (Lipinski definition) is 2. The average Bonchev–Trinajstić information content (AvgIpc) is 2.59. The number of hydrogen-bond donors (Lipinski definition) is 1. The van der Waals surface area contributed by atoms with E-state index in [2.05, 4.69) is 19.1 Å². The molecule has 0 radical (unpaired) electrons. The van der Waals surface area contributed by atoms with Gasteiger partial charge in [-0.2, -0.15) is 0 Å². The Hall–Kier alpha value is -1.61. The molecule has 1 aromatic rings. The van der Waals surface area contributed by atoms with Gasteiger partial charge in [-0.1, -0.05) is 82.6 Å². The molecule has 0 fully saturated rings. The SMILES string of the molecule is CCCCCCCCCCC/C=C/c1cccc(C(=O)N(C)O)c1. The summed E-state index contributed by atoms with van der Waals surface area (Å²) in [6.45, 7) is 2.26. The summed E-state index contributed by atoms with van der Waals surface area (Å²) in [6.07, 6.45) is 17.4. The van der Waals surface area contributed by atoms with Crippen LogP contribution in [0.3, 0.4) is 0 Å². The Labute approximate surface area is 147 Å². The second-order valence-electron chi connectivity index (χ2n) is 6.47. The van der Waals surface area contributed by atoms with Crippen LogP contribution in [0, 0.1) is 0 Å². The molecule has 0 aliphatic heterocycles. The minimum atomic E-state index is -0.385. The summed E-state index contributed by atoms with van der Waals surface area (Å²) >= 11 is 0. The molecule has 0 aliphatic carbocycles. The van der Waals surface area contributed by atoms with E-state index in [0.29, 0.717) is 10.6 Å². The van der Waals surface area contributed by atoms with Crippen LogP contribution in [-0.4, -0.2) is 23.2 Å². The van der Waals surface area contributed by atoms with E-state index in [1.807, 2.05) is 18.2 Å². The first-order chi connectivity index (χ1) is 11.6. The van der Waals surface area contributed by atoms with Gasteiger partial charge in [-0.05, 0) is 30.5 Å². The van der Waals surface area contributed by atoms with Crippen LogP contribution in [0.25, 0.3) is 6.08 Å². The van der Waals surface area contributed by atoms with Gasteiger partial charge in [0.15, 0.2) is 0 Å². The van der Waals surface area contributed by atoms with Crippen molar-refractivity contribution in [1.29, 1.82) is 0 Å². The van der Waals surface area contributed by atoms with Crippen LogP contribution in [0.1, 0.15) is 87.1 Å². The number of benzene rings is 1. The second kappa shape index (κ2) is 12.8. The standard InChI is InChI=1S/C21H33NO2/c1-3-4-5-6-7-8-9-10-11-12-13-15-19-16-14-17-20(18-19)21(23)22(2)24/h13-18,24H,3-12H2,1-2H3/b15-13+. The summed E-state index contributed by atoms with van der Waals surface area (Å²) in [5, 5.41) is 9.82. The zero-order valence-electron chi connectivity index (χ0n) is 15.3. The van der Waals surface area contributed by atoms with Gasteiger partial charge >= 0.3 is 0 Å². The quantitative estimate of drug-likeness (QED) is 0.286. The molecule has 0 bridgehead atoms. The van der Waals surface area contributed by atoms with Crippen molar-refractivity contribution in [3.63, 3.8) is 0 Å². The predicted octanol–water partition coefficient (Wildman–Crippen LogP) is 6.08. The highest BCUT2D eigenvalue weighted by Crippen LogP contribution is 2.12. The number of amides is 1. The topological polar surface area (TPSA) is 40.5 Å². The summed E-state index contributed by atoms with van der Waals surface area (Å²) in [6, 6.07) is 7.34. The molecule has 0 heterocycles. The molecule has 1 rings (SSSR count). The number of allylic oxidation sites excluding steroid dienone is 1. The number of hydroxylamine groups is 2. The predicted molar refractivity (Wildman–Crippen MR) is 101 cm³/mol. The van der Waals surface area contributed by atoms with Gasteiger partial charge in [0.25, 0.3) is 5.91 Å². The van der Waals surface area contributed by atoms with Gasteiger partial charge in [0.1, 0.15) is 0 Å². The third-order valence-electron chi connectivity index (χ3n) is 4.21. The van der Waals surface area contributed by atoms with Crippen molar-refractivity contribution >= 4 is 12.0 Å². The van der Waals surface area contributed by atoms with E-state index >= 15 is 0 Å². The Morgan fingerprint density at radius 3 is 2.29 bits per heavy atom. The molecular formula is C21H33NO2. The third kappa shape index (κ3) is 8.88. The molecular weight excluding hydrogens is 298 g/mol. The van der Waals surface area contributed by atoms with Gasteiger partial charge in [0.05, 0.1) is 0 Å². The highest BCUT2D eigenvalue weighted by molar-refractivity contribution is 5.93. The van der Waals surface area contributed by atoms with E-state index in [0.717, 1.165) is 12.0 Å². The molecule has 1 N–H and O–H groups in total. The van der Waals surface area contributed by atoms with Crippen molar-refractivity contribution in [2.24, 2.45) is 0 Å². The largest absolute Gasteiger partial charge is 0.286 e. The maximum absolute atomic E-state index is 11.7. The minimum absolute atomic E-state index is 0.385. The van der Waals surface area contributed by atoms with E-state index in [4.69, 9.17) is 0 Å². The Bertz CT molecular complexity index is 494. The van der Waals surface area contributed by atoms with Crippen molar-refractivity contribution in [2.75, 3.05) is 7.05 Å². The first-order valence-corrected chi connectivity index (χ1v) is 9.38. The Balaban J connectivity index is 2.17. The van der Waals surface area contributed by atoms with Crippen molar-refractivity contribution in [3.05, 3.63) is 41.5 Å². The lowest BCUT2D eigenvalue weighted by Gasteiger charge is -2.08. The van der Waals surface area contributed by atoms with Gasteiger partial charge in [0.2, 0.25) is 0 Å². The molecule has 24 heavy (non-hydrogen) atoms. The zero-order valence-corrected chi connectivity index (χ0v) is 15.3. The lowest BCUT2D eigenvalue weighted by molar-refractivity contribution is -0.0374. The van der Waals surface area contributed by atoms with Gasteiger partial charge < -0.3 is 0 Å². The molecule has 0 saturated carbocycles. The molecule has 0 atom stereocenters. The summed E-state index contributed by atoms with van der Waals surface area (Å²) in [4.78, 5) is 11.7. The highest BCUT2D eigenvalue weighted by atomic mass is 16.5. The Morgan fingerprint density at radius 1 is 1.04 bits per heavy atom. The molecule has 3 heteroatoms. The first-order valence-electron chi connectivity index (χ1n) is 9.38. The van der Waals surface area contributed by atoms with Gasteiger partial charge in [-0.25, -0.2) is 5.06 Å². The smallest absolute Gasteiger partial charge is 0.276 e. The molecule has 0 spiro atoms. The summed E-state index contributed by atoms with van der Waals surface area (Å²) in [5.74, 6) is -0.385. The lowest BCUT2D eigenvalue weighted by Crippen LogP contribution is -2.22. The first kappa shape index (κ1) is 20.4. The number of nitrogens with zero attached hydrogens (tertiary/aromatic N) is 1. The van der Waals surface area contributed by atoms with E-state index in [1.165, 1.54) is 64.8 Å². The van der Waals surface area contributed by atoms with Crippen molar-refractivity contribution in [3.8, 4) is 0 Å². The Morgan fingerprint density at radius 2 is 1.67 bits per heavy atom. The monoisotopic (exact) mass is 331 g/mol. The van der Waals surface area contributed by atoms with E-state index in [9.17, 15) is 10.0 Å². The third-order valence-corrected chi connectivity index (χ3v) is 4.21. The van der Waals surface area contributed by atoms with Crippen LogP contribution in [0.2, 0.25) is 0 Å². The Kier molecular flexibility index (Phi) is 10.9. The zero-order chi connectivity index (χ0) is 17.6. The normalized spacial score (nSPS) is 11.1. The van der Waals surface area contributed by atoms with Crippen LogP contribution in [0.4, 0.5) is 0 Å². The number of unbranched alkanes of at least 4 members (excludes halogenated alkanes) is 9. The van der Waals surface area contributed by atoms with Crippen LogP contribution in [0.5, 0.6) is 0 Å². The van der Waals surface area contributed by atoms with E-state index in [-0.39, 0.29) is 5.91 Å². The van der Waals surface area contributed by atoms with Gasteiger partial charge in [-0.3, -0.25) is 10.0 Å². The number of carbonyl (C=O) groups is 1. The average molecular weight is 332 g/mol. The maximum Gasteiger partial charge on any atom is 0.276 e.